The van der Waals surface area contributed by atoms with Crippen molar-refractivity contribution in [2.45, 2.75) is 44.1 Å². The molecule has 1 saturated carbocycles. The Labute approximate surface area is 131 Å². The summed E-state index contributed by atoms with van der Waals surface area (Å²) in [6.07, 6.45) is 4.46. The summed E-state index contributed by atoms with van der Waals surface area (Å²) in [5.74, 6) is -1.01. The van der Waals surface area contributed by atoms with Crippen LogP contribution in [0, 0.1) is 11.6 Å². The molecule has 0 saturated heterocycles. The molecule has 1 aromatic rings. The van der Waals surface area contributed by atoms with E-state index in [9.17, 15) is 17.2 Å². The van der Waals surface area contributed by atoms with E-state index in [0.29, 0.717) is 19.4 Å². The third-order valence-corrected chi connectivity index (χ3v) is 5.50. The minimum absolute atomic E-state index is 0.0167. The molecule has 0 amide bonds. The lowest BCUT2D eigenvalue weighted by atomic mass is 9.78. The van der Waals surface area contributed by atoms with Crippen molar-refractivity contribution < 1.29 is 17.2 Å². The van der Waals surface area contributed by atoms with Crippen LogP contribution in [-0.2, 0) is 15.3 Å². The third-order valence-electron chi connectivity index (χ3n) is 4.40. The smallest absolute Gasteiger partial charge is 0.148 e. The molecule has 1 unspecified atom stereocenters. The second-order valence-electron chi connectivity index (χ2n) is 6.46. The first-order valence-electron chi connectivity index (χ1n) is 7.59. The molecule has 6 heteroatoms. The molecule has 1 fully saturated rings. The lowest BCUT2D eigenvalue weighted by Gasteiger charge is -2.32. The summed E-state index contributed by atoms with van der Waals surface area (Å²) in [4.78, 5) is 0. The van der Waals surface area contributed by atoms with Gasteiger partial charge in [-0.1, -0.05) is 18.9 Å². The topological polar surface area (TPSA) is 46.2 Å². The van der Waals surface area contributed by atoms with Gasteiger partial charge in [0.15, 0.2) is 0 Å². The molecular weight excluding hydrogens is 308 g/mol. The number of benzene rings is 1. The average molecular weight is 331 g/mol. The zero-order chi connectivity index (χ0) is 16.4. The van der Waals surface area contributed by atoms with E-state index in [-0.39, 0.29) is 17.4 Å². The second-order valence-corrected chi connectivity index (χ2v) is 8.64. The van der Waals surface area contributed by atoms with Crippen LogP contribution in [0.1, 0.15) is 38.2 Å². The summed E-state index contributed by atoms with van der Waals surface area (Å²) in [6, 6.07) is 3.70. The second kappa shape index (κ2) is 6.62. The lowest BCUT2D eigenvalue weighted by Crippen LogP contribution is -2.43. The van der Waals surface area contributed by atoms with Gasteiger partial charge in [-0.2, -0.15) is 0 Å². The van der Waals surface area contributed by atoms with E-state index in [1.807, 2.05) is 0 Å². The maximum atomic E-state index is 14.2. The molecule has 0 radical (unpaired) electrons. The Bertz CT molecular complexity index is 605. The molecule has 124 valence electrons. The quantitative estimate of drug-likeness (QED) is 0.872. The van der Waals surface area contributed by atoms with Gasteiger partial charge in [-0.15, -0.1) is 0 Å². The van der Waals surface area contributed by atoms with Crippen molar-refractivity contribution in [1.29, 1.82) is 0 Å². The van der Waals surface area contributed by atoms with E-state index >= 15 is 0 Å². The summed E-state index contributed by atoms with van der Waals surface area (Å²) in [6.45, 7) is 2.17. The Morgan fingerprint density at radius 2 is 1.77 bits per heavy atom. The fourth-order valence-corrected chi connectivity index (χ4v) is 4.48. The van der Waals surface area contributed by atoms with Crippen LogP contribution in [0.5, 0.6) is 0 Å². The standard InChI is InChI=1S/C16H23F2NO2S/c1-12(10-22(2,20)21)19-11-16(8-3-4-9-16)15-13(17)6-5-7-14(15)18/h5-7,12,19H,3-4,8-11H2,1-2H3. The van der Waals surface area contributed by atoms with Gasteiger partial charge in [0.25, 0.3) is 0 Å². The number of hydrogen-bond acceptors (Lipinski definition) is 3. The Hall–Kier alpha value is -1.01. The minimum atomic E-state index is -3.08. The summed E-state index contributed by atoms with van der Waals surface area (Å²) in [7, 11) is -3.08. The lowest BCUT2D eigenvalue weighted by molar-refractivity contribution is 0.356. The Morgan fingerprint density at radius 3 is 2.27 bits per heavy atom. The minimum Gasteiger partial charge on any atom is -0.312 e. The number of rotatable bonds is 6. The molecule has 0 spiro atoms. The van der Waals surface area contributed by atoms with Gasteiger partial charge in [0.2, 0.25) is 0 Å². The van der Waals surface area contributed by atoms with Gasteiger partial charge < -0.3 is 5.32 Å². The van der Waals surface area contributed by atoms with Crippen molar-refractivity contribution in [1.82, 2.24) is 5.32 Å². The zero-order valence-electron chi connectivity index (χ0n) is 13.0. The summed E-state index contributed by atoms with van der Waals surface area (Å²) in [5.41, 5.74) is -0.437. The average Bonchev–Trinajstić information content (AvgIpc) is 2.84. The summed E-state index contributed by atoms with van der Waals surface area (Å²) >= 11 is 0. The molecular formula is C16H23F2NO2S. The zero-order valence-corrected chi connectivity index (χ0v) is 13.8. The first-order chi connectivity index (χ1) is 10.2. The van der Waals surface area contributed by atoms with Crippen LogP contribution in [-0.4, -0.2) is 33.0 Å². The van der Waals surface area contributed by atoms with Crippen LogP contribution in [0.2, 0.25) is 0 Å². The van der Waals surface area contributed by atoms with Crippen LogP contribution >= 0.6 is 0 Å². The Balaban J connectivity index is 2.19. The number of sulfone groups is 1. The molecule has 1 N–H and O–H groups in total. The van der Waals surface area contributed by atoms with Crippen molar-refractivity contribution in [3.8, 4) is 0 Å². The van der Waals surface area contributed by atoms with Crippen LogP contribution in [0.25, 0.3) is 0 Å². The van der Waals surface area contributed by atoms with Crippen molar-refractivity contribution in [3.05, 3.63) is 35.4 Å². The van der Waals surface area contributed by atoms with Gasteiger partial charge >= 0.3 is 0 Å². The monoisotopic (exact) mass is 331 g/mol. The normalized spacial score (nSPS) is 19.3. The maximum Gasteiger partial charge on any atom is 0.148 e. The molecule has 22 heavy (non-hydrogen) atoms. The SMILES string of the molecule is CC(CS(C)(=O)=O)NCC1(c2c(F)cccc2F)CCCC1. The van der Waals surface area contributed by atoms with Gasteiger partial charge in [0.05, 0.1) is 5.75 Å². The van der Waals surface area contributed by atoms with E-state index in [2.05, 4.69) is 5.32 Å². The first kappa shape index (κ1) is 17.3. The molecule has 1 aliphatic rings. The van der Waals surface area contributed by atoms with Crippen LogP contribution in [0.15, 0.2) is 18.2 Å². The highest BCUT2D eigenvalue weighted by Crippen LogP contribution is 2.42. The highest BCUT2D eigenvalue weighted by molar-refractivity contribution is 7.90. The fraction of sp³-hybridized carbons (Fsp3) is 0.625. The van der Waals surface area contributed by atoms with Crippen LogP contribution in [0.4, 0.5) is 8.78 Å². The first-order valence-corrected chi connectivity index (χ1v) is 9.65. The van der Waals surface area contributed by atoms with Crippen molar-refractivity contribution in [2.24, 2.45) is 0 Å². The maximum absolute atomic E-state index is 14.2. The molecule has 2 rings (SSSR count). The van der Waals surface area contributed by atoms with E-state index < -0.39 is 26.9 Å². The van der Waals surface area contributed by atoms with Gasteiger partial charge in [0, 0.05) is 29.8 Å². The number of nitrogens with one attached hydrogen (secondary N) is 1. The molecule has 3 nitrogen and oxygen atoms in total. The third kappa shape index (κ3) is 4.04. The van der Waals surface area contributed by atoms with Crippen LogP contribution < -0.4 is 5.32 Å². The van der Waals surface area contributed by atoms with Crippen LogP contribution in [0.3, 0.4) is 0 Å². The largest absolute Gasteiger partial charge is 0.312 e. The predicted molar refractivity (Wildman–Crippen MR) is 83.7 cm³/mol. The Morgan fingerprint density at radius 1 is 1.23 bits per heavy atom. The summed E-state index contributed by atoms with van der Waals surface area (Å²) < 4.78 is 51.0. The molecule has 0 aromatic heterocycles. The van der Waals surface area contributed by atoms with Gasteiger partial charge in [0.1, 0.15) is 21.5 Å². The summed E-state index contributed by atoms with van der Waals surface area (Å²) in [5, 5.41) is 3.16. The van der Waals surface area contributed by atoms with E-state index in [0.717, 1.165) is 12.8 Å². The molecule has 0 bridgehead atoms. The number of hydrogen-bond donors (Lipinski definition) is 1. The Kier molecular flexibility index (Phi) is 5.22. The van der Waals surface area contributed by atoms with Gasteiger partial charge in [-0.25, -0.2) is 17.2 Å². The molecule has 1 aliphatic carbocycles. The van der Waals surface area contributed by atoms with E-state index in [4.69, 9.17) is 0 Å². The van der Waals surface area contributed by atoms with Crippen molar-refractivity contribution in [3.63, 3.8) is 0 Å². The predicted octanol–water partition coefficient (Wildman–Crippen LogP) is 2.80. The number of halogens is 2. The van der Waals surface area contributed by atoms with E-state index in [1.165, 1.54) is 24.5 Å². The van der Waals surface area contributed by atoms with Crippen molar-refractivity contribution in [2.75, 3.05) is 18.6 Å². The molecule has 0 heterocycles. The fourth-order valence-electron chi connectivity index (χ4n) is 3.45. The molecule has 1 aromatic carbocycles. The molecule has 0 aliphatic heterocycles. The highest BCUT2D eigenvalue weighted by Gasteiger charge is 2.39. The highest BCUT2D eigenvalue weighted by atomic mass is 32.2. The molecule has 1 atom stereocenters. The van der Waals surface area contributed by atoms with Crippen molar-refractivity contribution >= 4 is 9.84 Å². The van der Waals surface area contributed by atoms with Gasteiger partial charge in [-0.3, -0.25) is 0 Å². The van der Waals surface area contributed by atoms with E-state index in [1.54, 1.807) is 6.92 Å². The van der Waals surface area contributed by atoms with Gasteiger partial charge in [-0.05, 0) is 31.9 Å².